The number of imidazole rings is 1. The molecule has 1 fully saturated rings. The van der Waals surface area contributed by atoms with Crippen molar-refractivity contribution in [3.05, 3.63) is 83.9 Å². The van der Waals surface area contributed by atoms with Crippen molar-refractivity contribution in [1.82, 2.24) is 24.3 Å². The Balaban J connectivity index is 1.13. The lowest BCUT2D eigenvalue weighted by Crippen LogP contribution is -2.45. The van der Waals surface area contributed by atoms with E-state index in [0.29, 0.717) is 6.79 Å². The van der Waals surface area contributed by atoms with Gasteiger partial charge in [0.25, 0.3) is 0 Å². The van der Waals surface area contributed by atoms with Gasteiger partial charge in [-0.05, 0) is 41.5 Å². The van der Waals surface area contributed by atoms with Crippen molar-refractivity contribution in [2.45, 2.75) is 19.6 Å². The van der Waals surface area contributed by atoms with Crippen molar-refractivity contribution in [1.29, 1.82) is 0 Å². The third-order valence-electron chi connectivity index (χ3n) is 6.47. The molecule has 6 rings (SSSR count). The quantitative estimate of drug-likeness (QED) is 0.456. The third kappa shape index (κ3) is 4.29. The first-order valence-corrected chi connectivity index (χ1v) is 11.5. The molecule has 4 heterocycles. The fourth-order valence-corrected chi connectivity index (χ4v) is 4.70. The number of para-hydroxylation sites is 2. The molecule has 0 radical (unpaired) electrons. The molecule has 33 heavy (non-hydrogen) atoms. The van der Waals surface area contributed by atoms with Gasteiger partial charge in [0, 0.05) is 45.1 Å². The SMILES string of the molecule is c1cncc(Cn2c(CN3CCN(Cc4ccc5c(c4)OCO5)CC3)nc3ccccc32)c1. The number of piperazine rings is 1. The lowest BCUT2D eigenvalue weighted by Gasteiger charge is -2.34. The Hall–Kier alpha value is -3.42. The molecule has 0 bridgehead atoms. The molecule has 0 spiro atoms. The number of ether oxygens (including phenoxy) is 2. The number of benzene rings is 2. The summed E-state index contributed by atoms with van der Waals surface area (Å²) in [5, 5.41) is 0. The van der Waals surface area contributed by atoms with Crippen LogP contribution in [0.5, 0.6) is 11.5 Å². The van der Waals surface area contributed by atoms with Gasteiger partial charge < -0.3 is 14.0 Å². The molecule has 0 aliphatic carbocycles. The van der Waals surface area contributed by atoms with Crippen LogP contribution in [0, 0.1) is 0 Å². The highest BCUT2D eigenvalue weighted by atomic mass is 16.7. The van der Waals surface area contributed by atoms with E-state index in [0.717, 1.165) is 68.7 Å². The largest absolute Gasteiger partial charge is 0.454 e. The predicted molar refractivity (Wildman–Crippen MR) is 126 cm³/mol. The Bertz CT molecular complexity index is 1250. The van der Waals surface area contributed by atoms with Gasteiger partial charge in [0.05, 0.1) is 24.1 Å². The second kappa shape index (κ2) is 8.84. The van der Waals surface area contributed by atoms with Gasteiger partial charge in [-0.2, -0.15) is 0 Å². The van der Waals surface area contributed by atoms with Crippen molar-refractivity contribution < 1.29 is 9.47 Å². The molecule has 2 aliphatic heterocycles. The van der Waals surface area contributed by atoms with Crippen LogP contribution in [-0.4, -0.2) is 57.3 Å². The normalized spacial score (nSPS) is 16.5. The van der Waals surface area contributed by atoms with E-state index in [1.165, 1.54) is 16.6 Å². The molecule has 0 atom stereocenters. The summed E-state index contributed by atoms with van der Waals surface area (Å²) >= 11 is 0. The number of aromatic nitrogens is 3. The summed E-state index contributed by atoms with van der Waals surface area (Å²) in [5.41, 5.74) is 4.69. The Labute approximate surface area is 193 Å². The van der Waals surface area contributed by atoms with Crippen LogP contribution in [0.15, 0.2) is 67.0 Å². The molecule has 0 unspecified atom stereocenters. The zero-order valence-electron chi connectivity index (χ0n) is 18.6. The van der Waals surface area contributed by atoms with Gasteiger partial charge in [0.15, 0.2) is 11.5 Å². The molecule has 2 aliphatic rings. The minimum Gasteiger partial charge on any atom is -0.454 e. The number of nitrogens with zero attached hydrogens (tertiary/aromatic N) is 5. The van der Waals surface area contributed by atoms with Crippen LogP contribution in [0.4, 0.5) is 0 Å². The van der Waals surface area contributed by atoms with Crippen molar-refractivity contribution in [2.75, 3.05) is 33.0 Å². The number of pyridine rings is 1. The first-order chi connectivity index (χ1) is 16.3. The van der Waals surface area contributed by atoms with Crippen molar-refractivity contribution in [2.24, 2.45) is 0 Å². The molecule has 4 aromatic rings. The van der Waals surface area contributed by atoms with Crippen molar-refractivity contribution >= 4 is 11.0 Å². The van der Waals surface area contributed by atoms with E-state index in [-0.39, 0.29) is 0 Å². The Morgan fingerprint density at radius 3 is 2.42 bits per heavy atom. The summed E-state index contributed by atoms with van der Waals surface area (Å²) in [5.74, 6) is 2.82. The zero-order valence-corrected chi connectivity index (χ0v) is 18.6. The monoisotopic (exact) mass is 441 g/mol. The van der Waals surface area contributed by atoms with Gasteiger partial charge in [-0.25, -0.2) is 4.98 Å². The van der Waals surface area contributed by atoms with Crippen LogP contribution >= 0.6 is 0 Å². The topological polar surface area (TPSA) is 55.7 Å². The predicted octanol–water partition coefficient (Wildman–Crippen LogP) is 3.53. The highest BCUT2D eigenvalue weighted by Gasteiger charge is 2.21. The van der Waals surface area contributed by atoms with Crippen LogP contribution in [-0.2, 0) is 19.6 Å². The second-order valence-electron chi connectivity index (χ2n) is 8.70. The van der Waals surface area contributed by atoms with Crippen molar-refractivity contribution in [3.8, 4) is 11.5 Å². The Morgan fingerprint density at radius 1 is 0.758 bits per heavy atom. The average Bonchev–Trinajstić information content (AvgIpc) is 3.45. The summed E-state index contributed by atoms with van der Waals surface area (Å²) in [6.45, 7) is 7.03. The summed E-state index contributed by atoms with van der Waals surface area (Å²) in [4.78, 5) is 14.3. The molecule has 168 valence electrons. The lowest BCUT2D eigenvalue weighted by atomic mass is 10.1. The molecular formula is C26H27N5O2. The molecule has 1 saturated heterocycles. The van der Waals surface area contributed by atoms with E-state index in [2.05, 4.69) is 61.8 Å². The van der Waals surface area contributed by atoms with Crippen LogP contribution < -0.4 is 9.47 Å². The Morgan fingerprint density at radius 2 is 1.58 bits per heavy atom. The molecule has 7 nitrogen and oxygen atoms in total. The smallest absolute Gasteiger partial charge is 0.231 e. The van der Waals surface area contributed by atoms with E-state index in [4.69, 9.17) is 14.5 Å². The van der Waals surface area contributed by atoms with Gasteiger partial charge in [-0.15, -0.1) is 0 Å². The summed E-state index contributed by atoms with van der Waals surface area (Å²) in [6, 6.07) is 18.8. The minimum absolute atomic E-state index is 0.322. The van der Waals surface area contributed by atoms with Gasteiger partial charge in [-0.1, -0.05) is 24.3 Å². The maximum atomic E-state index is 5.53. The van der Waals surface area contributed by atoms with Crippen LogP contribution in [0.25, 0.3) is 11.0 Å². The molecule has 7 heteroatoms. The standard InChI is InChI=1S/C26H27N5O2/c1-2-6-23-22(5-1)28-26(31(23)17-21-4-3-9-27-15-21)18-30-12-10-29(11-13-30)16-20-7-8-24-25(14-20)33-19-32-24/h1-9,14-15H,10-13,16-19H2. The van der Waals surface area contributed by atoms with Gasteiger partial charge in [0.2, 0.25) is 6.79 Å². The van der Waals surface area contributed by atoms with E-state index in [1.54, 1.807) is 0 Å². The first-order valence-electron chi connectivity index (χ1n) is 11.5. The maximum absolute atomic E-state index is 5.53. The fourth-order valence-electron chi connectivity index (χ4n) is 4.70. The zero-order chi connectivity index (χ0) is 22.0. The van der Waals surface area contributed by atoms with Gasteiger partial charge >= 0.3 is 0 Å². The first kappa shape index (κ1) is 20.2. The maximum Gasteiger partial charge on any atom is 0.231 e. The van der Waals surface area contributed by atoms with Crippen LogP contribution in [0.3, 0.4) is 0 Å². The van der Waals surface area contributed by atoms with Crippen LogP contribution in [0.1, 0.15) is 17.0 Å². The second-order valence-corrected chi connectivity index (χ2v) is 8.70. The minimum atomic E-state index is 0.322. The van der Waals surface area contributed by atoms with Gasteiger partial charge in [-0.3, -0.25) is 14.8 Å². The fraction of sp³-hybridized carbons (Fsp3) is 0.308. The average molecular weight is 442 g/mol. The molecular weight excluding hydrogens is 414 g/mol. The van der Waals surface area contributed by atoms with Crippen LogP contribution in [0.2, 0.25) is 0 Å². The van der Waals surface area contributed by atoms with Gasteiger partial charge in [0.1, 0.15) is 5.82 Å². The lowest BCUT2D eigenvalue weighted by molar-refractivity contribution is 0.119. The summed E-state index contributed by atoms with van der Waals surface area (Å²) < 4.78 is 13.3. The number of hydrogen-bond donors (Lipinski definition) is 0. The molecule has 2 aromatic heterocycles. The summed E-state index contributed by atoms with van der Waals surface area (Å²) in [6.07, 6.45) is 3.76. The highest BCUT2D eigenvalue weighted by Crippen LogP contribution is 2.33. The third-order valence-corrected chi connectivity index (χ3v) is 6.47. The highest BCUT2D eigenvalue weighted by molar-refractivity contribution is 5.76. The van der Waals surface area contributed by atoms with E-state index < -0.39 is 0 Å². The summed E-state index contributed by atoms with van der Waals surface area (Å²) in [7, 11) is 0. The van der Waals surface area contributed by atoms with E-state index in [9.17, 15) is 0 Å². The van der Waals surface area contributed by atoms with E-state index >= 15 is 0 Å². The molecule has 2 aromatic carbocycles. The van der Waals surface area contributed by atoms with E-state index in [1.807, 2.05) is 24.5 Å². The molecule has 0 amide bonds. The number of rotatable bonds is 6. The Kier molecular flexibility index (Phi) is 5.41. The number of hydrogen-bond acceptors (Lipinski definition) is 6. The molecule has 0 N–H and O–H groups in total. The molecule has 0 saturated carbocycles. The van der Waals surface area contributed by atoms with Crippen molar-refractivity contribution in [3.63, 3.8) is 0 Å². The number of fused-ring (bicyclic) bond motifs is 2.